The quantitative estimate of drug-likeness (QED) is 0.430. The van der Waals surface area contributed by atoms with E-state index < -0.39 is 0 Å². The lowest BCUT2D eigenvalue weighted by Gasteiger charge is -2.07. The molecule has 3 aromatic rings. The smallest absolute Gasteiger partial charge is 0.168 e. The summed E-state index contributed by atoms with van der Waals surface area (Å²) in [7, 11) is 1.66. The van der Waals surface area contributed by atoms with Gasteiger partial charge in [0.1, 0.15) is 12.1 Å². The van der Waals surface area contributed by atoms with Gasteiger partial charge in [-0.1, -0.05) is 6.07 Å². The van der Waals surface area contributed by atoms with Crippen LogP contribution >= 0.6 is 22.6 Å². The minimum absolute atomic E-state index is 0.583. The van der Waals surface area contributed by atoms with Crippen molar-refractivity contribution in [2.24, 2.45) is 0 Å². The Labute approximate surface area is 153 Å². The summed E-state index contributed by atoms with van der Waals surface area (Å²) in [6.45, 7) is 2.42. The predicted molar refractivity (Wildman–Crippen MR) is 101 cm³/mol. The van der Waals surface area contributed by atoms with Crippen LogP contribution in [0.25, 0.3) is 16.7 Å². The fraction of sp³-hybridized carbons (Fsp3) is 0.312. The Kier molecular flexibility index (Phi) is 5.94. The van der Waals surface area contributed by atoms with Gasteiger partial charge in [0.2, 0.25) is 0 Å². The minimum atomic E-state index is 0.583. The summed E-state index contributed by atoms with van der Waals surface area (Å²) >= 11 is 2.28. The largest absolute Gasteiger partial charge is 0.382 e. The molecule has 1 aromatic carbocycles. The van der Waals surface area contributed by atoms with Crippen molar-refractivity contribution in [1.29, 1.82) is 0 Å². The van der Waals surface area contributed by atoms with Crippen molar-refractivity contribution in [3.05, 3.63) is 40.4 Å². The topological polar surface area (TPSA) is 74.1 Å². The van der Waals surface area contributed by atoms with Crippen molar-refractivity contribution < 1.29 is 9.47 Å². The first-order chi connectivity index (χ1) is 11.8. The molecule has 0 fully saturated rings. The summed E-state index contributed by atoms with van der Waals surface area (Å²) in [6, 6.07) is 8.11. The number of benzene rings is 1. The molecule has 8 heteroatoms. The van der Waals surface area contributed by atoms with Crippen molar-refractivity contribution in [2.45, 2.75) is 0 Å². The third-order valence-electron chi connectivity index (χ3n) is 3.39. The van der Waals surface area contributed by atoms with Crippen LogP contribution < -0.4 is 5.32 Å². The van der Waals surface area contributed by atoms with Gasteiger partial charge in [0.15, 0.2) is 5.65 Å². The number of ether oxygens (including phenoxy) is 2. The van der Waals surface area contributed by atoms with Gasteiger partial charge in [-0.15, -0.1) is 0 Å². The van der Waals surface area contributed by atoms with Gasteiger partial charge in [-0.25, -0.2) is 14.6 Å². The molecule has 24 heavy (non-hydrogen) atoms. The van der Waals surface area contributed by atoms with E-state index in [9.17, 15) is 0 Å². The van der Waals surface area contributed by atoms with Gasteiger partial charge in [-0.05, 0) is 40.8 Å². The second-order valence-corrected chi connectivity index (χ2v) is 6.27. The maximum atomic E-state index is 5.44. The zero-order valence-corrected chi connectivity index (χ0v) is 15.4. The van der Waals surface area contributed by atoms with Gasteiger partial charge in [-0.3, -0.25) is 0 Å². The van der Waals surface area contributed by atoms with E-state index >= 15 is 0 Å². The first-order valence-corrected chi connectivity index (χ1v) is 8.62. The van der Waals surface area contributed by atoms with Crippen LogP contribution in [0.2, 0.25) is 0 Å². The van der Waals surface area contributed by atoms with Crippen molar-refractivity contribution >= 4 is 39.4 Å². The van der Waals surface area contributed by atoms with Crippen molar-refractivity contribution in [3.63, 3.8) is 0 Å². The zero-order valence-electron chi connectivity index (χ0n) is 13.3. The Balaban J connectivity index is 1.75. The van der Waals surface area contributed by atoms with E-state index in [4.69, 9.17) is 9.47 Å². The van der Waals surface area contributed by atoms with Crippen LogP contribution in [0, 0.1) is 3.57 Å². The maximum absolute atomic E-state index is 5.44. The highest BCUT2D eigenvalue weighted by Crippen LogP contribution is 2.22. The molecule has 3 rings (SSSR count). The summed E-state index contributed by atoms with van der Waals surface area (Å²) in [4.78, 5) is 8.68. The number of rotatable bonds is 8. The predicted octanol–water partition coefficient (Wildman–Crippen LogP) is 2.50. The lowest BCUT2D eigenvalue weighted by molar-refractivity contribution is 0.0759. The van der Waals surface area contributed by atoms with Gasteiger partial charge in [-0.2, -0.15) is 5.10 Å². The molecule has 0 amide bonds. The van der Waals surface area contributed by atoms with E-state index in [1.54, 1.807) is 19.6 Å². The van der Waals surface area contributed by atoms with Crippen LogP contribution in [0.15, 0.2) is 36.8 Å². The Hall–Kier alpha value is -1.78. The number of methoxy groups -OCH3 is 1. The molecule has 0 bridgehead atoms. The van der Waals surface area contributed by atoms with Crippen LogP contribution in [-0.2, 0) is 9.47 Å². The average Bonchev–Trinajstić information content (AvgIpc) is 3.03. The van der Waals surface area contributed by atoms with Crippen LogP contribution in [0.4, 0.5) is 5.82 Å². The molecule has 0 spiro atoms. The molecule has 1 N–H and O–H groups in total. The van der Waals surface area contributed by atoms with E-state index in [2.05, 4.69) is 49.0 Å². The standard InChI is InChI=1S/C16H18IN5O2/c1-23-7-8-24-6-5-18-15-14-10-21-22(16(14)20-11-19-15)13-4-2-3-12(17)9-13/h2-4,9-11H,5-8H2,1H3,(H,18,19,20). The van der Waals surface area contributed by atoms with E-state index in [0.717, 1.165) is 26.1 Å². The van der Waals surface area contributed by atoms with E-state index in [1.165, 1.54) is 0 Å². The maximum Gasteiger partial charge on any atom is 0.168 e. The molecule has 2 heterocycles. The molecule has 7 nitrogen and oxygen atoms in total. The summed E-state index contributed by atoms with van der Waals surface area (Å²) in [5, 5.41) is 8.61. The average molecular weight is 439 g/mol. The number of hydrogen-bond donors (Lipinski definition) is 1. The van der Waals surface area contributed by atoms with Gasteiger partial charge in [0.25, 0.3) is 0 Å². The number of fused-ring (bicyclic) bond motifs is 1. The molecule has 2 aromatic heterocycles. The van der Waals surface area contributed by atoms with Crippen molar-refractivity contribution in [2.75, 3.05) is 38.8 Å². The molecule has 126 valence electrons. The summed E-state index contributed by atoms with van der Waals surface area (Å²) in [5.41, 5.74) is 1.75. The zero-order chi connectivity index (χ0) is 16.8. The third-order valence-corrected chi connectivity index (χ3v) is 4.06. The Morgan fingerprint density at radius 2 is 2.12 bits per heavy atom. The highest BCUT2D eigenvalue weighted by molar-refractivity contribution is 14.1. The lowest BCUT2D eigenvalue weighted by atomic mass is 10.3. The highest BCUT2D eigenvalue weighted by atomic mass is 127. The van der Waals surface area contributed by atoms with Crippen LogP contribution in [0.5, 0.6) is 0 Å². The first kappa shape index (κ1) is 17.1. The molecular formula is C16H18IN5O2. The summed E-state index contributed by atoms with van der Waals surface area (Å²) in [6.07, 6.45) is 3.33. The monoisotopic (exact) mass is 439 g/mol. The molecule has 0 atom stereocenters. The molecular weight excluding hydrogens is 421 g/mol. The SMILES string of the molecule is COCCOCCNc1ncnc2c1cnn2-c1cccc(I)c1. The number of nitrogens with one attached hydrogen (secondary N) is 1. The molecule has 0 saturated carbocycles. The van der Waals surface area contributed by atoms with Crippen LogP contribution in [0.1, 0.15) is 0 Å². The molecule has 0 aliphatic rings. The molecule has 0 unspecified atom stereocenters. The molecule has 0 radical (unpaired) electrons. The van der Waals surface area contributed by atoms with Crippen LogP contribution in [0.3, 0.4) is 0 Å². The number of nitrogens with zero attached hydrogens (tertiary/aromatic N) is 4. The van der Waals surface area contributed by atoms with Gasteiger partial charge in [0.05, 0.1) is 37.1 Å². The Morgan fingerprint density at radius 1 is 1.21 bits per heavy atom. The van der Waals surface area contributed by atoms with Gasteiger partial charge in [0, 0.05) is 17.2 Å². The van der Waals surface area contributed by atoms with Crippen LogP contribution in [-0.4, -0.2) is 53.2 Å². The van der Waals surface area contributed by atoms with Crippen molar-refractivity contribution in [3.8, 4) is 5.69 Å². The second-order valence-electron chi connectivity index (χ2n) is 5.03. The first-order valence-electron chi connectivity index (χ1n) is 7.55. The Morgan fingerprint density at radius 3 is 2.96 bits per heavy atom. The normalized spacial score (nSPS) is 11.1. The Bertz CT molecular complexity index is 808. The number of halogens is 1. The fourth-order valence-electron chi connectivity index (χ4n) is 2.27. The number of aromatic nitrogens is 4. The fourth-order valence-corrected chi connectivity index (χ4v) is 2.79. The van der Waals surface area contributed by atoms with E-state index in [-0.39, 0.29) is 0 Å². The minimum Gasteiger partial charge on any atom is -0.382 e. The highest BCUT2D eigenvalue weighted by Gasteiger charge is 2.11. The van der Waals surface area contributed by atoms with Crippen molar-refractivity contribution in [1.82, 2.24) is 19.7 Å². The molecule has 0 saturated heterocycles. The van der Waals surface area contributed by atoms with E-state index in [0.29, 0.717) is 26.4 Å². The summed E-state index contributed by atoms with van der Waals surface area (Å²) in [5.74, 6) is 0.757. The second kappa shape index (κ2) is 8.36. The number of anilines is 1. The van der Waals surface area contributed by atoms with E-state index in [1.807, 2.05) is 22.9 Å². The third kappa shape index (κ3) is 4.00. The van der Waals surface area contributed by atoms with Gasteiger partial charge < -0.3 is 14.8 Å². The number of hydrogen-bond acceptors (Lipinski definition) is 6. The summed E-state index contributed by atoms with van der Waals surface area (Å²) < 4.78 is 13.3. The molecule has 0 aliphatic heterocycles. The van der Waals surface area contributed by atoms with Gasteiger partial charge >= 0.3 is 0 Å². The lowest BCUT2D eigenvalue weighted by Crippen LogP contribution is -2.13. The molecule has 0 aliphatic carbocycles.